The van der Waals surface area contributed by atoms with E-state index in [1.54, 1.807) is 22.3 Å². The molecule has 0 saturated heterocycles. The van der Waals surface area contributed by atoms with Crippen molar-refractivity contribution in [2.45, 2.75) is 134 Å². The highest BCUT2D eigenvalue weighted by Crippen LogP contribution is 2.61. The number of fused-ring (bicyclic) bond motifs is 7. The Morgan fingerprint density at radius 3 is 2.16 bits per heavy atom. The second-order valence-electron chi connectivity index (χ2n) is 16.8. The normalized spacial score (nSPS) is 35.5. The Hall–Kier alpha value is -1.68. The maximum atomic E-state index is 6.26. The first-order valence-electron chi connectivity index (χ1n) is 18.9. The summed E-state index contributed by atoms with van der Waals surface area (Å²) in [6, 6.07) is 15.1. The van der Waals surface area contributed by atoms with Crippen molar-refractivity contribution >= 4 is 0 Å². The van der Waals surface area contributed by atoms with Gasteiger partial charge in [0.25, 0.3) is 0 Å². The molecule has 0 spiro atoms. The molecule has 2 aromatic carbocycles. The first kappa shape index (κ1) is 31.9. The van der Waals surface area contributed by atoms with Gasteiger partial charge in [0.15, 0.2) is 0 Å². The van der Waals surface area contributed by atoms with Crippen LogP contribution in [0.3, 0.4) is 0 Å². The highest BCUT2D eigenvalue weighted by molar-refractivity contribution is 5.43. The average molecular weight is 612 g/mol. The van der Waals surface area contributed by atoms with Gasteiger partial charge in [-0.2, -0.15) is 0 Å². The summed E-state index contributed by atoms with van der Waals surface area (Å²) in [5.74, 6) is 2.46. The van der Waals surface area contributed by atoms with Crippen molar-refractivity contribution in [2.24, 2.45) is 23.2 Å². The van der Waals surface area contributed by atoms with E-state index in [0.29, 0.717) is 23.5 Å². The molecule has 45 heavy (non-hydrogen) atoms. The molecule has 7 atom stereocenters. The van der Waals surface area contributed by atoms with Gasteiger partial charge >= 0.3 is 0 Å². The monoisotopic (exact) mass is 611 g/mol. The Morgan fingerprint density at radius 2 is 1.38 bits per heavy atom. The first-order chi connectivity index (χ1) is 21.8. The molecule has 7 rings (SSSR count). The van der Waals surface area contributed by atoms with E-state index in [1.165, 1.54) is 101 Å². The van der Waals surface area contributed by atoms with Gasteiger partial charge in [0.1, 0.15) is 0 Å². The van der Waals surface area contributed by atoms with E-state index in [9.17, 15) is 0 Å². The minimum absolute atomic E-state index is 0.224. The van der Waals surface area contributed by atoms with Gasteiger partial charge in [-0.3, -0.25) is 0 Å². The Bertz CT molecular complexity index is 1340. The smallest absolute Gasteiger partial charge is 0.0701 e. The van der Waals surface area contributed by atoms with Crippen LogP contribution < -0.4 is 5.32 Å². The third kappa shape index (κ3) is 6.20. The van der Waals surface area contributed by atoms with E-state index in [0.717, 1.165) is 44.1 Å². The predicted octanol–water partition coefficient (Wildman–Crippen LogP) is 9.18. The SMILES string of the molecule is Cc1ccc2c(c1)[C@@]1(C)CCCC3(CCOCCOCCN[C@H]4[C@H]5CCCCC[C@]4(C)c4cc(C)ccc4C5)CC[C@@H](C2)[C@@H]1C3. The molecule has 2 aromatic rings. The van der Waals surface area contributed by atoms with Gasteiger partial charge in [-0.1, -0.05) is 87.1 Å². The van der Waals surface area contributed by atoms with E-state index in [1.807, 2.05) is 0 Å². The lowest BCUT2D eigenvalue weighted by Gasteiger charge is -2.53. The van der Waals surface area contributed by atoms with Crippen LogP contribution in [-0.2, 0) is 33.1 Å². The van der Waals surface area contributed by atoms with Crippen LogP contribution in [0.1, 0.15) is 124 Å². The highest BCUT2D eigenvalue weighted by Gasteiger charge is 2.53. The second kappa shape index (κ2) is 13.1. The van der Waals surface area contributed by atoms with Gasteiger partial charge in [-0.25, -0.2) is 0 Å². The maximum absolute atomic E-state index is 6.26. The molecule has 1 unspecified atom stereocenters. The Labute approximate surface area is 274 Å². The van der Waals surface area contributed by atoms with Gasteiger partial charge in [-0.15, -0.1) is 0 Å². The molecule has 1 N–H and O–H groups in total. The van der Waals surface area contributed by atoms with Crippen molar-refractivity contribution in [2.75, 3.05) is 33.0 Å². The van der Waals surface area contributed by atoms with Crippen molar-refractivity contribution < 1.29 is 9.47 Å². The second-order valence-corrected chi connectivity index (χ2v) is 16.8. The van der Waals surface area contributed by atoms with Crippen LogP contribution in [0.5, 0.6) is 0 Å². The molecule has 5 aliphatic rings. The third-order valence-corrected chi connectivity index (χ3v) is 13.9. The van der Waals surface area contributed by atoms with E-state index in [2.05, 4.69) is 69.4 Å². The minimum Gasteiger partial charge on any atom is -0.379 e. The molecule has 5 aliphatic carbocycles. The molecule has 0 amide bonds. The predicted molar refractivity (Wildman–Crippen MR) is 186 cm³/mol. The topological polar surface area (TPSA) is 30.5 Å². The van der Waals surface area contributed by atoms with Crippen LogP contribution >= 0.6 is 0 Å². The largest absolute Gasteiger partial charge is 0.379 e. The molecular weight excluding hydrogens is 550 g/mol. The lowest BCUT2D eigenvalue weighted by atomic mass is 9.52. The van der Waals surface area contributed by atoms with E-state index in [-0.39, 0.29) is 5.41 Å². The number of nitrogens with one attached hydrogen (secondary N) is 1. The molecule has 3 saturated carbocycles. The summed E-state index contributed by atoms with van der Waals surface area (Å²) in [4.78, 5) is 0. The lowest BCUT2D eigenvalue weighted by molar-refractivity contribution is 0.00141. The van der Waals surface area contributed by atoms with Crippen molar-refractivity contribution in [1.29, 1.82) is 0 Å². The summed E-state index contributed by atoms with van der Waals surface area (Å²) in [5, 5.41) is 4.03. The summed E-state index contributed by atoms with van der Waals surface area (Å²) in [5.41, 5.74) is 10.5. The Morgan fingerprint density at radius 1 is 0.689 bits per heavy atom. The van der Waals surface area contributed by atoms with Gasteiger partial charge in [0.2, 0.25) is 0 Å². The van der Waals surface area contributed by atoms with Gasteiger partial charge in [0, 0.05) is 24.6 Å². The molecule has 4 bridgehead atoms. The van der Waals surface area contributed by atoms with Crippen LogP contribution in [0.15, 0.2) is 36.4 Å². The fourth-order valence-electron chi connectivity index (χ4n) is 11.4. The quantitative estimate of drug-likeness (QED) is 0.272. The molecule has 3 fully saturated rings. The van der Waals surface area contributed by atoms with Crippen LogP contribution in [0.2, 0.25) is 0 Å². The van der Waals surface area contributed by atoms with Crippen molar-refractivity contribution in [3.8, 4) is 0 Å². The molecule has 0 aliphatic heterocycles. The summed E-state index contributed by atoms with van der Waals surface area (Å²) in [6.45, 7) is 13.7. The number of benzene rings is 2. The standard InChI is InChI=1S/C42H61NO2/c1-30-10-12-32-27-34-14-18-42(17-8-16-40(3,36(32)25-30)38(34)29-42)19-21-44-23-24-45-22-20-43-39-35-9-6-5-7-15-41(39,4)37-26-31(2)11-13-33(37)28-35/h10-13,25-26,34-35,38-39,43H,5-9,14-24,27-29H2,1-4H3/t34-,35-,38-,39-,40+,41+,42?/m0/s1. The zero-order chi connectivity index (χ0) is 31.1. The zero-order valence-electron chi connectivity index (χ0n) is 29.0. The molecule has 0 heterocycles. The van der Waals surface area contributed by atoms with Crippen LogP contribution in [0.4, 0.5) is 0 Å². The number of rotatable bonds is 10. The van der Waals surface area contributed by atoms with Crippen LogP contribution in [0, 0.1) is 37.0 Å². The summed E-state index contributed by atoms with van der Waals surface area (Å²) >= 11 is 0. The van der Waals surface area contributed by atoms with E-state index in [4.69, 9.17) is 9.47 Å². The summed E-state index contributed by atoms with van der Waals surface area (Å²) in [6.07, 6.45) is 18.9. The summed E-state index contributed by atoms with van der Waals surface area (Å²) < 4.78 is 12.4. The Kier molecular flexibility index (Phi) is 9.27. The molecule has 0 radical (unpaired) electrons. The fourth-order valence-corrected chi connectivity index (χ4v) is 11.4. The number of hydrogen-bond acceptors (Lipinski definition) is 3. The van der Waals surface area contributed by atoms with Crippen molar-refractivity contribution in [3.63, 3.8) is 0 Å². The third-order valence-electron chi connectivity index (χ3n) is 13.9. The average Bonchev–Trinajstić information content (AvgIpc) is 3.15. The maximum Gasteiger partial charge on any atom is 0.0701 e. The van der Waals surface area contributed by atoms with Gasteiger partial charge in [-0.05, 0) is 129 Å². The highest BCUT2D eigenvalue weighted by atomic mass is 16.5. The number of ether oxygens (including phenoxy) is 2. The summed E-state index contributed by atoms with van der Waals surface area (Å²) in [7, 11) is 0. The zero-order valence-corrected chi connectivity index (χ0v) is 29.0. The van der Waals surface area contributed by atoms with E-state index < -0.39 is 0 Å². The van der Waals surface area contributed by atoms with Gasteiger partial charge in [0.05, 0.1) is 19.8 Å². The van der Waals surface area contributed by atoms with Gasteiger partial charge < -0.3 is 14.8 Å². The molecule has 3 nitrogen and oxygen atoms in total. The van der Waals surface area contributed by atoms with Crippen molar-refractivity contribution in [3.05, 3.63) is 69.8 Å². The molecular formula is C42H61NO2. The van der Waals surface area contributed by atoms with E-state index >= 15 is 0 Å². The number of aryl methyl sites for hydroxylation is 2. The number of hydrogen-bond donors (Lipinski definition) is 1. The lowest BCUT2D eigenvalue weighted by Crippen LogP contribution is -2.56. The Balaban J connectivity index is 0.864. The van der Waals surface area contributed by atoms with Crippen molar-refractivity contribution in [1.82, 2.24) is 5.32 Å². The first-order valence-corrected chi connectivity index (χ1v) is 18.9. The fraction of sp³-hybridized carbons (Fsp3) is 0.714. The molecule has 3 heteroatoms. The molecule has 246 valence electrons. The minimum atomic E-state index is 0.224. The van der Waals surface area contributed by atoms with Crippen LogP contribution in [-0.4, -0.2) is 39.0 Å². The molecule has 0 aromatic heterocycles. The van der Waals surface area contributed by atoms with Crippen LogP contribution in [0.25, 0.3) is 0 Å².